The predicted octanol–water partition coefficient (Wildman–Crippen LogP) is -2.21. The van der Waals surface area contributed by atoms with Gasteiger partial charge in [0, 0.05) is 13.0 Å². The quantitative estimate of drug-likeness (QED) is 0.416. The molecule has 0 aliphatic carbocycles. The molecule has 0 spiro atoms. The molecule has 0 aromatic rings. The second kappa shape index (κ2) is 5.59. The third-order valence-electron chi connectivity index (χ3n) is 2.14. The number of nitrogens with two attached hydrogens (primary N) is 1. The van der Waals surface area contributed by atoms with Crippen LogP contribution in [-0.2, 0) is 9.47 Å². The minimum absolute atomic E-state index is 0.192. The maximum Gasteiger partial charge on any atom is 0.160 e. The first-order valence-corrected chi connectivity index (χ1v) is 4.63. The largest absolute Gasteiger partial charge is 0.394 e. The summed E-state index contributed by atoms with van der Waals surface area (Å²) >= 11 is 0. The maximum atomic E-state index is 9.40. The molecule has 0 aromatic carbocycles. The Balaban J connectivity index is 2.41. The van der Waals surface area contributed by atoms with Gasteiger partial charge in [0.05, 0.1) is 19.3 Å². The second-order valence-corrected chi connectivity index (χ2v) is 3.24. The van der Waals surface area contributed by atoms with E-state index in [-0.39, 0.29) is 13.0 Å². The van der Waals surface area contributed by atoms with Gasteiger partial charge in [-0.3, -0.25) is 0 Å². The van der Waals surface area contributed by atoms with Crippen LogP contribution in [0.15, 0.2) is 0 Å². The summed E-state index contributed by atoms with van der Waals surface area (Å²) in [6.45, 7) is 0.342. The molecule has 1 aliphatic rings. The molecule has 14 heavy (non-hydrogen) atoms. The summed E-state index contributed by atoms with van der Waals surface area (Å²) < 4.78 is 10.3. The summed E-state index contributed by atoms with van der Waals surface area (Å²) in [6.07, 6.45) is -3.19. The molecule has 0 radical (unpaired) electrons. The van der Waals surface area contributed by atoms with Crippen molar-refractivity contribution in [3.63, 3.8) is 0 Å². The molecule has 0 bridgehead atoms. The Morgan fingerprint density at radius 3 is 2.71 bits per heavy atom. The van der Waals surface area contributed by atoms with Crippen molar-refractivity contribution in [1.29, 1.82) is 0 Å². The zero-order valence-electron chi connectivity index (χ0n) is 7.87. The zero-order valence-corrected chi connectivity index (χ0v) is 7.87. The highest BCUT2D eigenvalue weighted by Gasteiger charge is 2.36. The van der Waals surface area contributed by atoms with Crippen molar-refractivity contribution in [1.82, 2.24) is 0 Å². The Hall–Kier alpha value is -0.240. The van der Waals surface area contributed by atoms with E-state index in [0.29, 0.717) is 13.2 Å². The Morgan fingerprint density at radius 1 is 1.43 bits per heavy atom. The van der Waals surface area contributed by atoms with Crippen LogP contribution in [0.25, 0.3) is 0 Å². The summed E-state index contributed by atoms with van der Waals surface area (Å²) in [4.78, 5) is 0. The standard InChI is InChI=1S/C8H17NO5/c9-1-2-13-7-3-5(11)8(12)6(4-10)14-7/h5-8,10-12H,1-4,9H2/t5-,6-,7?,8+/m1/s1. The van der Waals surface area contributed by atoms with Gasteiger partial charge in [0.25, 0.3) is 0 Å². The first-order chi connectivity index (χ1) is 6.69. The fraction of sp³-hybridized carbons (Fsp3) is 1.00. The second-order valence-electron chi connectivity index (χ2n) is 3.24. The van der Waals surface area contributed by atoms with Crippen molar-refractivity contribution in [3.05, 3.63) is 0 Å². The zero-order chi connectivity index (χ0) is 10.6. The van der Waals surface area contributed by atoms with Gasteiger partial charge in [0.2, 0.25) is 0 Å². The lowest BCUT2D eigenvalue weighted by Gasteiger charge is -2.35. The van der Waals surface area contributed by atoms with Crippen LogP contribution in [0.5, 0.6) is 0 Å². The smallest absolute Gasteiger partial charge is 0.160 e. The van der Waals surface area contributed by atoms with Gasteiger partial charge in [-0.1, -0.05) is 0 Å². The first-order valence-electron chi connectivity index (χ1n) is 4.63. The molecule has 1 fully saturated rings. The molecule has 1 heterocycles. The first kappa shape index (κ1) is 11.8. The van der Waals surface area contributed by atoms with E-state index >= 15 is 0 Å². The van der Waals surface area contributed by atoms with Crippen LogP contribution in [0, 0.1) is 0 Å². The van der Waals surface area contributed by atoms with Crippen molar-refractivity contribution in [3.8, 4) is 0 Å². The van der Waals surface area contributed by atoms with Crippen molar-refractivity contribution >= 4 is 0 Å². The van der Waals surface area contributed by atoms with Gasteiger partial charge in [0.15, 0.2) is 6.29 Å². The number of hydrogen-bond acceptors (Lipinski definition) is 6. The molecule has 5 N–H and O–H groups in total. The van der Waals surface area contributed by atoms with E-state index in [4.69, 9.17) is 20.3 Å². The average molecular weight is 207 g/mol. The molecule has 0 aromatic heterocycles. The third-order valence-corrected chi connectivity index (χ3v) is 2.14. The number of aliphatic hydroxyl groups excluding tert-OH is 3. The summed E-state index contributed by atoms with van der Waals surface area (Å²) in [7, 11) is 0. The topological polar surface area (TPSA) is 105 Å². The van der Waals surface area contributed by atoms with Crippen molar-refractivity contribution < 1.29 is 24.8 Å². The Morgan fingerprint density at radius 2 is 2.14 bits per heavy atom. The predicted molar refractivity (Wildman–Crippen MR) is 47.4 cm³/mol. The number of hydrogen-bond donors (Lipinski definition) is 4. The van der Waals surface area contributed by atoms with Crippen LogP contribution in [0.2, 0.25) is 0 Å². The lowest BCUT2D eigenvalue weighted by molar-refractivity contribution is -0.255. The molecule has 1 rings (SSSR count). The lowest BCUT2D eigenvalue weighted by atomic mass is 10.0. The number of rotatable bonds is 4. The molecule has 0 saturated carbocycles. The van der Waals surface area contributed by atoms with E-state index < -0.39 is 24.6 Å². The Bertz CT molecular complexity index is 168. The fourth-order valence-corrected chi connectivity index (χ4v) is 1.37. The van der Waals surface area contributed by atoms with Crippen LogP contribution in [0.1, 0.15) is 6.42 Å². The highest BCUT2D eigenvalue weighted by molar-refractivity contribution is 4.82. The van der Waals surface area contributed by atoms with Gasteiger partial charge in [-0.25, -0.2) is 0 Å². The highest BCUT2D eigenvalue weighted by atomic mass is 16.7. The molecule has 1 saturated heterocycles. The fourth-order valence-electron chi connectivity index (χ4n) is 1.37. The number of aliphatic hydroxyl groups is 3. The van der Waals surface area contributed by atoms with Crippen LogP contribution < -0.4 is 5.73 Å². The summed E-state index contributed by atoms with van der Waals surface area (Å²) in [5, 5.41) is 27.6. The molecular weight excluding hydrogens is 190 g/mol. The van der Waals surface area contributed by atoms with E-state index in [9.17, 15) is 10.2 Å². The van der Waals surface area contributed by atoms with Gasteiger partial charge in [0.1, 0.15) is 12.2 Å². The van der Waals surface area contributed by atoms with Gasteiger partial charge in [-0.05, 0) is 0 Å². The SMILES string of the molecule is NCCOC1C[C@@H](O)[C@H](O)[C@@H](CO)O1. The van der Waals surface area contributed by atoms with Crippen LogP contribution in [-0.4, -0.2) is 59.7 Å². The Kier molecular flexibility index (Phi) is 4.73. The molecule has 4 atom stereocenters. The Labute approximate surface area is 82.2 Å². The van der Waals surface area contributed by atoms with E-state index in [2.05, 4.69) is 0 Å². The van der Waals surface area contributed by atoms with Crippen molar-refractivity contribution in [2.45, 2.75) is 31.0 Å². The van der Waals surface area contributed by atoms with Gasteiger partial charge >= 0.3 is 0 Å². The van der Waals surface area contributed by atoms with Gasteiger partial charge in [-0.2, -0.15) is 0 Å². The molecule has 6 nitrogen and oxygen atoms in total. The van der Waals surface area contributed by atoms with Crippen molar-refractivity contribution in [2.24, 2.45) is 5.73 Å². The van der Waals surface area contributed by atoms with Crippen LogP contribution in [0.3, 0.4) is 0 Å². The van der Waals surface area contributed by atoms with E-state index in [1.54, 1.807) is 0 Å². The normalized spacial score (nSPS) is 38.6. The molecule has 6 heteroatoms. The molecular formula is C8H17NO5. The molecule has 1 aliphatic heterocycles. The lowest BCUT2D eigenvalue weighted by Crippen LogP contribution is -2.50. The van der Waals surface area contributed by atoms with E-state index in [0.717, 1.165) is 0 Å². The van der Waals surface area contributed by atoms with Gasteiger partial charge in [-0.15, -0.1) is 0 Å². The molecule has 0 amide bonds. The minimum Gasteiger partial charge on any atom is -0.394 e. The monoisotopic (exact) mass is 207 g/mol. The molecule has 84 valence electrons. The van der Waals surface area contributed by atoms with Gasteiger partial charge < -0.3 is 30.5 Å². The minimum atomic E-state index is -1.06. The van der Waals surface area contributed by atoms with E-state index in [1.807, 2.05) is 0 Å². The highest BCUT2D eigenvalue weighted by Crippen LogP contribution is 2.20. The number of ether oxygens (including phenoxy) is 2. The summed E-state index contributed by atoms with van der Waals surface area (Å²) in [5.41, 5.74) is 5.23. The maximum absolute atomic E-state index is 9.40. The summed E-state index contributed by atoms with van der Waals surface area (Å²) in [5.74, 6) is 0. The van der Waals surface area contributed by atoms with Crippen LogP contribution in [0.4, 0.5) is 0 Å². The molecule has 1 unspecified atom stereocenters. The summed E-state index contributed by atoms with van der Waals surface area (Å²) in [6, 6.07) is 0. The van der Waals surface area contributed by atoms with Crippen molar-refractivity contribution in [2.75, 3.05) is 19.8 Å². The third kappa shape index (κ3) is 2.88. The van der Waals surface area contributed by atoms with E-state index in [1.165, 1.54) is 0 Å². The van der Waals surface area contributed by atoms with Crippen LogP contribution >= 0.6 is 0 Å². The average Bonchev–Trinajstić information content (AvgIpc) is 2.19.